The number of carbonyl (C=O) groups excluding carboxylic acids is 3. The van der Waals surface area contributed by atoms with Gasteiger partial charge in [0.15, 0.2) is 0 Å². The minimum atomic E-state index is -0.642. The smallest absolute Gasteiger partial charge is 0.255 e. The van der Waals surface area contributed by atoms with Gasteiger partial charge in [-0.2, -0.15) is 0 Å². The largest absolute Gasteiger partial charge is 0.344 e. The molecule has 1 aromatic heterocycles. The van der Waals surface area contributed by atoms with Crippen LogP contribution in [0.5, 0.6) is 0 Å². The Morgan fingerprint density at radius 3 is 2.14 bits per heavy atom. The Balaban J connectivity index is 2.04. The van der Waals surface area contributed by atoms with E-state index in [4.69, 9.17) is 0 Å². The molecule has 7 heteroatoms. The number of hydrogen-bond acceptors (Lipinski definition) is 4. The van der Waals surface area contributed by atoms with Gasteiger partial charge in [-0.15, -0.1) is 0 Å². The number of aromatic nitrogens is 1. The van der Waals surface area contributed by atoms with Crippen molar-refractivity contribution in [2.75, 3.05) is 10.6 Å². The lowest BCUT2D eigenvalue weighted by molar-refractivity contribution is -0.127. The second kappa shape index (κ2) is 10.4. The summed E-state index contributed by atoms with van der Waals surface area (Å²) in [6, 6.07) is 9.47. The van der Waals surface area contributed by atoms with E-state index in [0.29, 0.717) is 23.4 Å². The summed E-state index contributed by atoms with van der Waals surface area (Å²) in [5, 5.41) is 8.42. The lowest BCUT2D eigenvalue weighted by atomic mass is 10.0. The summed E-state index contributed by atoms with van der Waals surface area (Å²) >= 11 is 0. The van der Waals surface area contributed by atoms with E-state index >= 15 is 0 Å². The van der Waals surface area contributed by atoms with E-state index < -0.39 is 6.04 Å². The van der Waals surface area contributed by atoms with E-state index in [2.05, 4.69) is 20.9 Å². The van der Waals surface area contributed by atoms with Crippen molar-refractivity contribution >= 4 is 29.1 Å². The normalized spacial score (nSPS) is 11.8. The molecule has 2 aromatic rings. The Hall–Kier alpha value is -3.22. The molecular weight excluding hydrogens is 368 g/mol. The summed E-state index contributed by atoms with van der Waals surface area (Å²) in [6.45, 7) is 7.67. The third-order valence-electron chi connectivity index (χ3n) is 4.19. The minimum Gasteiger partial charge on any atom is -0.344 e. The van der Waals surface area contributed by atoms with E-state index in [0.717, 1.165) is 0 Å². The first-order valence-electron chi connectivity index (χ1n) is 9.68. The third kappa shape index (κ3) is 7.03. The Bertz CT molecular complexity index is 850. The van der Waals surface area contributed by atoms with Gasteiger partial charge in [0.1, 0.15) is 6.04 Å². The Morgan fingerprint density at radius 1 is 0.931 bits per heavy atom. The highest BCUT2D eigenvalue weighted by molar-refractivity contribution is 6.04. The molecule has 0 spiro atoms. The van der Waals surface area contributed by atoms with Crippen LogP contribution in [0.3, 0.4) is 0 Å². The summed E-state index contributed by atoms with van der Waals surface area (Å²) in [5.41, 5.74) is 1.57. The van der Waals surface area contributed by atoms with Crippen molar-refractivity contribution in [3.05, 3.63) is 54.4 Å². The van der Waals surface area contributed by atoms with Gasteiger partial charge in [-0.05, 0) is 42.2 Å². The molecule has 1 aromatic carbocycles. The molecule has 0 aliphatic heterocycles. The molecule has 2 rings (SSSR count). The van der Waals surface area contributed by atoms with Gasteiger partial charge in [0.2, 0.25) is 11.8 Å². The van der Waals surface area contributed by atoms with E-state index in [1.54, 1.807) is 48.8 Å². The SMILES string of the molecule is CC(C)CC(=O)NC(C(=O)Nc1cccc(NC(=O)c2ccncc2)c1)C(C)C. The average Bonchev–Trinajstić information content (AvgIpc) is 2.66. The molecular formula is C22H28N4O3. The summed E-state index contributed by atoms with van der Waals surface area (Å²) in [6.07, 6.45) is 3.46. The van der Waals surface area contributed by atoms with Crippen molar-refractivity contribution in [2.24, 2.45) is 11.8 Å². The van der Waals surface area contributed by atoms with Crippen LogP contribution in [0.1, 0.15) is 44.5 Å². The number of nitrogens with zero attached hydrogens (tertiary/aromatic N) is 1. The standard InChI is InChI=1S/C22H28N4O3/c1-14(2)12-19(27)26-20(15(3)4)22(29)25-18-7-5-6-17(13-18)24-21(28)16-8-10-23-11-9-16/h5-11,13-15,20H,12H2,1-4H3,(H,24,28)(H,25,29)(H,26,27). The fraction of sp³-hybridized carbons (Fsp3) is 0.364. The maximum atomic E-state index is 12.7. The third-order valence-corrected chi connectivity index (χ3v) is 4.19. The van der Waals surface area contributed by atoms with E-state index in [-0.39, 0.29) is 29.6 Å². The van der Waals surface area contributed by atoms with Crippen LogP contribution < -0.4 is 16.0 Å². The van der Waals surface area contributed by atoms with Crippen LogP contribution in [0, 0.1) is 11.8 Å². The lowest BCUT2D eigenvalue weighted by Gasteiger charge is -2.22. The van der Waals surface area contributed by atoms with Crippen LogP contribution in [0.15, 0.2) is 48.8 Å². The molecule has 0 aliphatic rings. The molecule has 1 atom stereocenters. The fourth-order valence-electron chi connectivity index (χ4n) is 2.74. The highest BCUT2D eigenvalue weighted by Gasteiger charge is 2.24. The van der Waals surface area contributed by atoms with Crippen LogP contribution in [0.4, 0.5) is 11.4 Å². The van der Waals surface area contributed by atoms with Crippen LogP contribution in [0.25, 0.3) is 0 Å². The molecule has 1 heterocycles. The Morgan fingerprint density at radius 2 is 1.55 bits per heavy atom. The minimum absolute atomic E-state index is 0.0688. The first-order valence-corrected chi connectivity index (χ1v) is 9.68. The maximum absolute atomic E-state index is 12.7. The number of pyridine rings is 1. The van der Waals surface area contributed by atoms with Crippen molar-refractivity contribution in [2.45, 2.75) is 40.2 Å². The van der Waals surface area contributed by atoms with Gasteiger partial charge in [0.05, 0.1) is 0 Å². The molecule has 154 valence electrons. The quantitative estimate of drug-likeness (QED) is 0.636. The Kier molecular flexibility index (Phi) is 7.88. The van der Waals surface area contributed by atoms with Crippen molar-refractivity contribution in [1.29, 1.82) is 0 Å². The van der Waals surface area contributed by atoms with Crippen molar-refractivity contribution in [1.82, 2.24) is 10.3 Å². The summed E-state index contributed by atoms with van der Waals surface area (Å²) in [5.74, 6) is -0.564. The average molecular weight is 396 g/mol. The number of carbonyl (C=O) groups is 3. The first kappa shape index (κ1) is 22.1. The topological polar surface area (TPSA) is 100 Å². The second-order valence-electron chi connectivity index (χ2n) is 7.65. The molecule has 0 aliphatic carbocycles. The van der Waals surface area contributed by atoms with E-state index in [9.17, 15) is 14.4 Å². The van der Waals surface area contributed by atoms with Crippen LogP contribution in [0.2, 0.25) is 0 Å². The van der Waals surface area contributed by atoms with Gasteiger partial charge in [-0.25, -0.2) is 0 Å². The van der Waals surface area contributed by atoms with Crippen molar-refractivity contribution in [3.8, 4) is 0 Å². The van der Waals surface area contributed by atoms with Crippen LogP contribution >= 0.6 is 0 Å². The van der Waals surface area contributed by atoms with Gasteiger partial charge in [-0.1, -0.05) is 33.8 Å². The zero-order valence-corrected chi connectivity index (χ0v) is 17.2. The molecule has 3 N–H and O–H groups in total. The number of amides is 3. The molecule has 0 radical (unpaired) electrons. The maximum Gasteiger partial charge on any atom is 0.255 e. The van der Waals surface area contributed by atoms with Gasteiger partial charge in [0.25, 0.3) is 5.91 Å². The summed E-state index contributed by atoms with van der Waals surface area (Å²) in [7, 11) is 0. The van der Waals surface area contributed by atoms with Gasteiger partial charge in [-0.3, -0.25) is 19.4 Å². The summed E-state index contributed by atoms with van der Waals surface area (Å²) in [4.78, 5) is 41.0. The molecule has 0 saturated heterocycles. The van der Waals surface area contributed by atoms with Crippen molar-refractivity contribution < 1.29 is 14.4 Å². The van der Waals surface area contributed by atoms with Crippen molar-refractivity contribution in [3.63, 3.8) is 0 Å². The number of nitrogens with one attached hydrogen (secondary N) is 3. The molecule has 29 heavy (non-hydrogen) atoms. The molecule has 0 saturated carbocycles. The zero-order valence-electron chi connectivity index (χ0n) is 17.2. The second-order valence-corrected chi connectivity index (χ2v) is 7.65. The van der Waals surface area contributed by atoms with E-state index in [1.807, 2.05) is 27.7 Å². The van der Waals surface area contributed by atoms with Gasteiger partial charge < -0.3 is 16.0 Å². The highest BCUT2D eigenvalue weighted by atomic mass is 16.2. The molecule has 3 amide bonds. The van der Waals surface area contributed by atoms with Gasteiger partial charge >= 0.3 is 0 Å². The molecule has 1 unspecified atom stereocenters. The predicted octanol–water partition coefficient (Wildman–Crippen LogP) is 3.46. The molecule has 0 bridgehead atoms. The lowest BCUT2D eigenvalue weighted by Crippen LogP contribution is -2.47. The number of rotatable bonds is 8. The van der Waals surface area contributed by atoms with Crippen LogP contribution in [-0.4, -0.2) is 28.7 Å². The fourth-order valence-corrected chi connectivity index (χ4v) is 2.74. The molecule has 7 nitrogen and oxygen atoms in total. The van der Waals surface area contributed by atoms with E-state index in [1.165, 1.54) is 0 Å². The molecule has 0 fully saturated rings. The Labute approximate surface area is 171 Å². The monoisotopic (exact) mass is 396 g/mol. The van der Waals surface area contributed by atoms with Crippen LogP contribution in [-0.2, 0) is 9.59 Å². The first-order chi connectivity index (χ1) is 13.8. The summed E-state index contributed by atoms with van der Waals surface area (Å²) < 4.78 is 0. The zero-order chi connectivity index (χ0) is 21.4. The number of hydrogen-bond donors (Lipinski definition) is 3. The number of benzene rings is 1. The predicted molar refractivity (Wildman–Crippen MR) is 113 cm³/mol. The van der Waals surface area contributed by atoms with Gasteiger partial charge in [0, 0.05) is 35.8 Å². The number of anilines is 2. The highest BCUT2D eigenvalue weighted by Crippen LogP contribution is 2.17.